The van der Waals surface area contributed by atoms with Gasteiger partial charge in [0.1, 0.15) is 11.5 Å². The lowest BCUT2D eigenvalue weighted by atomic mass is 10.1. The number of oxazole rings is 1. The average molecular weight is 429 g/mol. The molecule has 0 saturated carbocycles. The fourth-order valence-electron chi connectivity index (χ4n) is 2.83. The third kappa shape index (κ3) is 5.14. The van der Waals surface area contributed by atoms with Crippen LogP contribution in [0.25, 0.3) is 11.5 Å². The van der Waals surface area contributed by atoms with E-state index >= 15 is 0 Å². The molecule has 7 nitrogen and oxygen atoms in total. The van der Waals surface area contributed by atoms with E-state index < -0.39 is 9.84 Å². The summed E-state index contributed by atoms with van der Waals surface area (Å²) in [7, 11) is -1.97. The molecule has 0 fully saturated rings. The van der Waals surface area contributed by atoms with E-state index in [2.05, 4.69) is 10.3 Å². The van der Waals surface area contributed by atoms with E-state index in [-0.39, 0.29) is 16.6 Å². The lowest BCUT2D eigenvalue weighted by Gasteiger charge is -2.04. The van der Waals surface area contributed by atoms with Crippen molar-refractivity contribution in [1.29, 1.82) is 0 Å². The maximum Gasteiger partial charge on any atom is 0.251 e. The molecule has 0 atom stereocenters. The average Bonchev–Trinajstić information content (AvgIpc) is 3.08. The highest BCUT2D eigenvalue weighted by molar-refractivity contribution is 7.90. The summed E-state index contributed by atoms with van der Waals surface area (Å²) in [5.74, 6) is 0.313. The Balaban J connectivity index is 1.76. The van der Waals surface area contributed by atoms with Gasteiger partial charge in [-0.1, -0.05) is 17.7 Å². The van der Waals surface area contributed by atoms with Crippen molar-refractivity contribution in [3.8, 4) is 11.5 Å². The number of rotatable bonds is 8. The Morgan fingerprint density at radius 1 is 1.07 bits per heavy atom. The third-order valence-corrected chi connectivity index (χ3v) is 6.23. The van der Waals surface area contributed by atoms with Gasteiger partial charge in [-0.2, -0.15) is 0 Å². The number of nitrogens with one attached hydrogen (secondary N) is 1. The van der Waals surface area contributed by atoms with E-state index in [1.807, 2.05) is 6.92 Å². The first-order valence-electron chi connectivity index (χ1n) is 9.43. The molecule has 3 aromatic rings. The highest BCUT2D eigenvalue weighted by Gasteiger charge is 2.21. The first-order valence-corrected chi connectivity index (χ1v) is 11.1. The molecule has 0 unspecified atom stereocenters. The van der Waals surface area contributed by atoms with Crippen LogP contribution in [0.5, 0.6) is 0 Å². The molecule has 0 saturated heterocycles. The van der Waals surface area contributed by atoms with Gasteiger partial charge in [0.05, 0.1) is 17.2 Å². The lowest BCUT2D eigenvalue weighted by Crippen LogP contribution is -2.26. The number of carbonyl (C=O) groups excluding carboxylic acids is 1. The maximum atomic E-state index is 12.7. The molecular weight excluding hydrogens is 404 g/mol. The van der Waals surface area contributed by atoms with Crippen LogP contribution in [0.4, 0.5) is 0 Å². The van der Waals surface area contributed by atoms with E-state index in [0.717, 1.165) is 5.56 Å². The molecule has 0 aliphatic heterocycles. The molecule has 0 bridgehead atoms. The largest absolute Gasteiger partial charge is 0.441 e. The second kappa shape index (κ2) is 9.23. The molecule has 0 aliphatic rings. The van der Waals surface area contributed by atoms with E-state index in [1.165, 1.54) is 0 Å². The maximum absolute atomic E-state index is 12.7. The molecule has 2 aromatic carbocycles. The monoisotopic (exact) mass is 428 g/mol. The summed E-state index contributed by atoms with van der Waals surface area (Å²) in [4.78, 5) is 16.7. The Hall–Kier alpha value is -2.97. The number of sulfone groups is 1. The standard InChI is InChI=1S/C22H24N2O5S/c1-15-4-10-19(11-5-15)30(26,27)14-20-16(2)29-22(24-20)18-8-6-17(7-9-18)21(25)23-12-13-28-3/h4-11H,12-14H2,1-3H3,(H,23,25). The van der Waals surface area contributed by atoms with Gasteiger partial charge in [-0.3, -0.25) is 4.79 Å². The third-order valence-electron chi connectivity index (χ3n) is 4.59. The minimum Gasteiger partial charge on any atom is -0.441 e. The van der Waals surface area contributed by atoms with E-state index in [1.54, 1.807) is 62.6 Å². The number of nitrogens with zero attached hydrogens (tertiary/aromatic N) is 1. The Labute approximate surface area is 176 Å². The van der Waals surface area contributed by atoms with Crippen molar-refractivity contribution in [2.45, 2.75) is 24.5 Å². The van der Waals surface area contributed by atoms with Crippen molar-refractivity contribution in [2.24, 2.45) is 0 Å². The second-order valence-corrected chi connectivity index (χ2v) is 8.91. The van der Waals surface area contributed by atoms with E-state index in [0.29, 0.717) is 41.6 Å². The molecule has 1 amide bonds. The zero-order valence-corrected chi connectivity index (χ0v) is 18.0. The molecule has 1 heterocycles. The Morgan fingerprint density at radius 3 is 2.37 bits per heavy atom. The van der Waals surface area contributed by atoms with Crippen molar-refractivity contribution in [3.63, 3.8) is 0 Å². The fraction of sp³-hybridized carbons (Fsp3) is 0.273. The topological polar surface area (TPSA) is 98.5 Å². The predicted octanol–water partition coefficient (Wildman–Crippen LogP) is 3.31. The summed E-state index contributed by atoms with van der Waals surface area (Å²) >= 11 is 0. The molecule has 8 heteroatoms. The van der Waals surface area contributed by atoms with Crippen LogP contribution < -0.4 is 5.32 Å². The number of carbonyl (C=O) groups is 1. The molecule has 1 aromatic heterocycles. The van der Waals surface area contributed by atoms with Crippen molar-refractivity contribution in [3.05, 3.63) is 71.1 Å². The molecule has 0 aliphatic carbocycles. The normalized spacial score (nSPS) is 11.4. The minimum atomic E-state index is -3.54. The Bertz CT molecular complexity index is 1120. The summed E-state index contributed by atoms with van der Waals surface area (Å²) in [6, 6.07) is 13.5. The molecule has 1 N–H and O–H groups in total. The number of aryl methyl sites for hydroxylation is 2. The Kier molecular flexibility index (Phi) is 6.69. The van der Waals surface area contributed by atoms with Gasteiger partial charge in [-0.15, -0.1) is 0 Å². The van der Waals surface area contributed by atoms with E-state index in [4.69, 9.17) is 9.15 Å². The highest BCUT2D eigenvalue weighted by atomic mass is 32.2. The summed E-state index contributed by atoms with van der Waals surface area (Å²) in [6.07, 6.45) is 0. The molecule has 158 valence electrons. The number of benzene rings is 2. The van der Waals surface area contributed by atoms with Gasteiger partial charge in [0.15, 0.2) is 9.84 Å². The number of hydrogen-bond donors (Lipinski definition) is 1. The summed E-state index contributed by atoms with van der Waals surface area (Å²) in [6.45, 7) is 4.45. The highest BCUT2D eigenvalue weighted by Crippen LogP contribution is 2.25. The first kappa shape index (κ1) is 21.7. The van der Waals surface area contributed by atoms with Gasteiger partial charge in [0.2, 0.25) is 5.89 Å². The zero-order chi connectivity index (χ0) is 21.7. The van der Waals surface area contributed by atoms with Crippen LogP contribution in [-0.4, -0.2) is 39.6 Å². The van der Waals surface area contributed by atoms with Crippen LogP contribution in [-0.2, 0) is 20.3 Å². The molecule has 0 radical (unpaired) electrons. The van der Waals surface area contributed by atoms with Crippen molar-refractivity contribution >= 4 is 15.7 Å². The van der Waals surface area contributed by atoms with Gasteiger partial charge >= 0.3 is 0 Å². The van der Waals surface area contributed by atoms with Gasteiger partial charge in [0, 0.05) is 24.8 Å². The van der Waals surface area contributed by atoms with Crippen molar-refractivity contribution in [2.75, 3.05) is 20.3 Å². The SMILES string of the molecule is COCCNC(=O)c1ccc(-c2nc(CS(=O)(=O)c3ccc(C)cc3)c(C)o2)cc1. The Morgan fingerprint density at radius 2 is 1.73 bits per heavy atom. The number of hydrogen-bond acceptors (Lipinski definition) is 6. The van der Waals surface area contributed by atoms with Crippen LogP contribution in [0.2, 0.25) is 0 Å². The van der Waals surface area contributed by atoms with Gasteiger partial charge in [-0.05, 0) is 50.2 Å². The number of amides is 1. The van der Waals surface area contributed by atoms with Crippen LogP contribution in [0.15, 0.2) is 57.8 Å². The van der Waals surface area contributed by atoms with Crippen LogP contribution in [0.3, 0.4) is 0 Å². The van der Waals surface area contributed by atoms with Crippen LogP contribution in [0, 0.1) is 13.8 Å². The van der Waals surface area contributed by atoms with Crippen molar-refractivity contribution in [1.82, 2.24) is 10.3 Å². The summed E-state index contributed by atoms with van der Waals surface area (Å²) in [5.41, 5.74) is 2.52. The van der Waals surface area contributed by atoms with E-state index in [9.17, 15) is 13.2 Å². The molecular formula is C22H24N2O5S. The molecule has 0 spiro atoms. The number of ether oxygens (including phenoxy) is 1. The smallest absolute Gasteiger partial charge is 0.251 e. The quantitative estimate of drug-likeness (QED) is 0.553. The van der Waals surface area contributed by atoms with Gasteiger partial charge < -0.3 is 14.5 Å². The lowest BCUT2D eigenvalue weighted by molar-refractivity contribution is 0.0937. The predicted molar refractivity (Wildman–Crippen MR) is 113 cm³/mol. The fourth-order valence-corrected chi connectivity index (χ4v) is 4.17. The summed E-state index contributed by atoms with van der Waals surface area (Å²) in [5, 5.41) is 2.75. The number of aromatic nitrogens is 1. The van der Waals surface area contributed by atoms with Crippen LogP contribution >= 0.6 is 0 Å². The zero-order valence-electron chi connectivity index (χ0n) is 17.1. The second-order valence-electron chi connectivity index (χ2n) is 6.92. The van der Waals surface area contributed by atoms with Crippen molar-refractivity contribution < 1.29 is 22.4 Å². The minimum absolute atomic E-state index is 0.202. The molecule has 3 rings (SSSR count). The van der Waals surface area contributed by atoms with Gasteiger partial charge in [0.25, 0.3) is 5.91 Å². The summed E-state index contributed by atoms with van der Waals surface area (Å²) < 4.78 is 36.0. The first-order chi connectivity index (χ1) is 14.3. The van der Waals surface area contributed by atoms with Crippen LogP contribution in [0.1, 0.15) is 27.4 Å². The number of methoxy groups -OCH3 is 1. The molecule has 30 heavy (non-hydrogen) atoms. The van der Waals surface area contributed by atoms with Gasteiger partial charge in [-0.25, -0.2) is 13.4 Å².